The molecule has 4 rings (SSSR count). The fourth-order valence-corrected chi connectivity index (χ4v) is 3.24. The van der Waals surface area contributed by atoms with Gasteiger partial charge in [-0.05, 0) is 29.8 Å². The number of rotatable bonds is 6. The summed E-state index contributed by atoms with van der Waals surface area (Å²) in [5.74, 6) is 0.350. The Labute approximate surface area is 167 Å². The zero-order valence-corrected chi connectivity index (χ0v) is 15.9. The van der Waals surface area contributed by atoms with Gasteiger partial charge in [0.2, 0.25) is 17.7 Å². The maximum atomic E-state index is 12.7. The van der Waals surface area contributed by atoms with Gasteiger partial charge in [0, 0.05) is 24.7 Å². The topological polar surface area (TPSA) is 97.6 Å². The van der Waals surface area contributed by atoms with Crippen molar-refractivity contribution in [2.24, 2.45) is 0 Å². The summed E-state index contributed by atoms with van der Waals surface area (Å²) in [6.45, 7) is 2.62. The molecule has 3 aromatic rings. The van der Waals surface area contributed by atoms with Crippen LogP contribution in [0.5, 0.6) is 0 Å². The zero-order chi connectivity index (χ0) is 20.2. The summed E-state index contributed by atoms with van der Waals surface area (Å²) >= 11 is 0. The van der Waals surface area contributed by atoms with Gasteiger partial charge in [-0.1, -0.05) is 30.3 Å². The highest BCUT2D eigenvalue weighted by atomic mass is 16.6. The lowest BCUT2D eigenvalue weighted by Crippen LogP contribution is -2.23. The Morgan fingerprint density at radius 2 is 1.90 bits per heavy atom. The highest BCUT2D eigenvalue weighted by Gasteiger charge is 2.25. The van der Waals surface area contributed by atoms with Crippen LogP contribution in [-0.4, -0.2) is 35.3 Å². The van der Waals surface area contributed by atoms with Crippen LogP contribution in [0.4, 0.5) is 16.2 Å². The van der Waals surface area contributed by atoms with Crippen LogP contribution in [0.25, 0.3) is 0 Å². The van der Waals surface area contributed by atoms with Gasteiger partial charge >= 0.3 is 6.09 Å². The molecule has 0 bridgehead atoms. The standard InChI is InChI=1S/C21H20N4O4/c1-14-23-24-20(29-14)18(15-5-3-2-4-6-15)13-19(26)22-16-7-9-17(10-8-16)25-11-12-28-21(25)27/h2-10,18H,11-13H2,1H3,(H,22,26). The third-order valence-electron chi connectivity index (χ3n) is 4.65. The lowest BCUT2D eigenvalue weighted by molar-refractivity contribution is -0.116. The third-order valence-corrected chi connectivity index (χ3v) is 4.65. The van der Waals surface area contributed by atoms with E-state index in [-0.39, 0.29) is 24.3 Å². The van der Waals surface area contributed by atoms with Crippen molar-refractivity contribution in [3.63, 3.8) is 0 Å². The van der Waals surface area contributed by atoms with E-state index in [0.29, 0.717) is 30.6 Å². The summed E-state index contributed by atoms with van der Waals surface area (Å²) in [5.41, 5.74) is 2.29. The molecular formula is C21H20N4O4. The molecule has 1 aromatic heterocycles. The average molecular weight is 392 g/mol. The van der Waals surface area contributed by atoms with E-state index in [0.717, 1.165) is 11.3 Å². The van der Waals surface area contributed by atoms with E-state index >= 15 is 0 Å². The molecule has 8 heteroatoms. The van der Waals surface area contributed by atoms with Crippen LogP contribution in [0.3, 0.4) is 0 Å². The number of nitrogens with zero attached hydrogens (tertiary/aromatic N) is 3. The van der Waals surface area contributed by atoms with Crippen molar-refractivity contribution in [3.05, 3.63) is 71.9 Å². The van der Waals surface area contributed by atoms with E-state index in [4.69, 9.17) is 9.15 Å². The number of carbonyl (C=O) groups excluding carboxylic acids is 2. The van der Waals surface area contributed by atoms with Crippen molar-refractivity contribution in [2.45, 2.75) is 19.3 Å². The highest BCUT2D eigenvalue weighted by Crippen LogP contribution is 2.28. The van der Waals surface area contributed by atoms with Crippen LogP contribution in [0.1, 0.15) is 29.7 Å². The molecule has 0 spiro atoms. The number of hydrogen-bond donors (Lipinski definition) is 1. The molecule has 29 heavy (non-hydrogen) atoms. The number of aryl methyl sites for hydroxylation is 1. The molecule has 148 valence electrons. The number of nitrogens with one attached hydrogen (secondary N) is 1. The fourth-order valence-electron chi connectivity index (χ4n) is 3.24. The predicted molar refractivity (Wildman–Crippen MR) is 106 cm³/mol. The largest absolute Gasteiger partial charge is 0.447 e. The Bertz CT molecular complexity index is 1000. The summed E-state index contributed by atoms with van der Waals surface area (Å²) in [7, 11) is 0. The lowest BCUT2D eigenvalue weighted by atomic mass is 9.95. The normalized spacial score (nSPS) is 14.5. The zero-order valence-electron chi connectivity index (χ0n) is 15.9. The Morgan fingerprint density at radius 3 is 2.52 bits per heavy atom. The van der Waals surface area contributed by atoms with Crippen molar-refractivity contribution < 1.29 is 18.7 Å². The Kier molecular flexibility index (Phi) is 5.24. The van der Waals surface area contributed by atoms with Gasteiger partial charge in [0.05, 0.1) is 12.5 Å². The van der Waals surface area contributed by atoms with Gasteiger partial charge < -0.3 is 14.5 Å². The Balaban J connectivity index is 1.46. The highest BCUT2D eigenvalue weighted by molar-refractivity contribution is 5.93. The number of benzene rings is 2. The summed E-state index contributed by atoms with van der Waals surface area (Å²) in [6, 6.07) is 16.7. The molecule has 1 aliphatic rings. The van der Waals surface area contributed by atoms with Gasteiger partial charge in [0.1, 0.15) is 6.61 Å². The minimum absolute atomic E-state index is 0.159. The molecule has 8 nitrogen and oxygen atoms in total. The minimum Gasteiger partial charge on any atom is -0.447 e. The quantitative estimate of drug-likeness (QED) is 0.690. The number of anilines is 2. The second-order valence-corrected chi connectivity index (χ2v) is 6.69. The first kappa shape index (κ1) is 18.7. The lowest BCUT2D eigenvalue weighted by Gasteiger charge is -2.15. The van der Waals surface area contributed by atoms with E-state index in [9.17, 15) is 9.59 Å². The van der Waals surface area contributed by atoms with E-state index in [1.165, 1.54) is 0 Å². The van der Waals surface area contributed by atoms with Crippen LogP contribution in [0.2, 0.25) is 0 Å². The van der Waals surface area contributed by atoms with E-state index in [1.54, 1.807) is 36.1 Å². The molecule has 2 amide bonds. The van der Waals surface area contributed by atoms with Gasteiger partial charge in [-0.2, -0.15) is 0 Å². The maximum absolute atomic E-state index is 12.7. The van der Waals surface area contributed by atoms with Gasteiger partial charge in [-0.3, -0.25) is 9.69 Å². The van der Waals surface area contributed by atoms with Crippen LogP contribution in [0, 0.1) is 6.92 Å². The summed E-state index contributed by atoms with van der Waals surface area (Å²) in [5, 5.41) is 10.9. The molecule has 1 N–H and O–H groups in total. The van der Waals surface area contributed by atoms with Crippen molar-refractivity contribution in [1.29, 1.82) is 0 Å². The molecule has 1 saturated heterocycles. The van der Waals surface area contributed by atoms with Crippen LogP contribution in [-0.2, 0) is 9.53 Å². The van der Waals surface area contributed by atoms with E-state index in [1.807, 2.05) is 30.3 Å². The third kappa shape index (κ3) is 4.26. The van der Waals surface area contributed by atoms with Crippen molar-refractivity contribution in [2.75, 3.05) is 23.4 Å². The molecule has 1 fully saturated rings. The molecule has 0 radical (unpaired) electrons. The summed E-state index contributed by atoms with van der Waals surface area (Å²) < 4.78 is 10.5. The molecule has 1 unspecified atom stereocenters. The van der Waals surface area contributed by atoms with E-state index < -0.39 is 0 Å². The average Bonchev–Trinajstić information content (AvgIpc) is 3.35. The monoisotopic (exact) mass is 392 g/mol. The number of ether oxygens (including phenoxy) is 1. The number of aromatic nitrogens is 2. The number of hydrogen-bond acceptors (Lipinski definition) is 6. The molecule has 1 atom stereocenters. The Morgan fingerprint density at radius 1 is 1.14 bits per heavy atom. The van der Waals surface area contributed by atoms with Crippen molar-refractivity contribution in [3.8, 4) is 0 Å². The number of carbonyl (C=O) groups is 2. The second kappa shape index (κ2) is 8.14. The Hall–Kier alpha value is -3.68. The van der Waals surface area contributed by atoms with Gasteiger partial charge in [-0.15, -0.1) is 10.2 Å². The van der Waals surface area contributed by atoms with Gasteiger partial charge in [0.25, 0.3) is 0 Å². The minimum atomic E-state index is -0.359. The summed E-state index contributed by atoms with van der Waals surface area (Å²) in [6.07, 6.45) is -0.200. The van der Waals surface area contributed by atoms with Gasteiger partial charge in [-0.25, -0.2) is 4.79 Å². The predicted octanol–water partition coefficient (Wildman–Crippen LogP) is 3.50. The maximum Gasteiger partial charge on any atom is 0.414 e. The summed E-state index contributed by atoms with van der Waals surface area (Å²) in [4.78, 5) is 25.9. The SMILES string of the molecule is Cc1nnc(C(CC(=O)Nc2ccc(N3CCOC3=O)cc2)c2ccccc2)o1. The van der Waals surface area contributed by atoms with Crippen LogP contribution >= 0.6 is 0 Å². The van der Waals surface area contributed by atoms with E-state index in [2.05, 4.69) is 15.5 Å². The molecule has 1 aliphatic heterocycles. The fraction of sp³-hybridized carbons (Fsp3) is 0.238. The first-order valence-corrected chi connectivity index (χ1v) is 9.29. The molecular weight excluding hydrogens is 372 g/mol. The first-order valence-electron chi connectivity index (χ1n) is 9.29. The molecule has 0 aliphatic carbocycles. The van der Waals surface area contributed by atoms with Crippen LogP contribution < -0.4 is 10.2 Å². The molecule has 2 aromatic carbocycles. The number of cyclic esters (lactones) is 1. The van der Waals surface area contributed by atoms with Crippen molar-refractivity contribution in [1.82, 2.24) is 10.2 Å². The van der Waals surface area contributed by atoms with Crippen LogP contribution in [0.15, 0.2) is 59.0 Å². The number of amides is 2. The first-order chi connectivity index (χ1) is 14.1. The molecule has 0 saturated carbocycles. The smallest absolute Gasteiger partial charge is 0.414 e. The second-order valence-electron chi connectivity index (χ2n) is 6.69. The molecule has 2 heterocycles. The van der Waals surface area contributed by atoms with Crippen molar-refractivity contribution >= 4 is 23.4 Å². The van der Waals surface area contributed by atoms with Gasteiger partial charge in [0.15, 0.2) is 0 Å².